The summed E-state index contributed by atoms with van der Waals surface area (Å²) in [5, 5.41) is 35.7. The molecule has 0 bridgehead atoms. The van der Waals surface area contributed by atoms with E-state index in [1.54, 1.807) is 32.0 Å². The van der Waals surface area contributed by atoms with Crippen molar-refractivity contribution in [1.82, 2.24) is 29.6 Å². The van der Waals surface area contributed by atoms with Gasteiger partial charge in [0.05, 0.1) is 40.4 Å². The van der Waals surface area contributed by atoms with Gasteiger partial charge in [-0.15, -0.1) is 0 Å². The Kier molecular flexibility index (Phi) is 10.9. The molecule has 3 amide bonds. The molecule has 1 saturated carbocycles. The Morgan fingerprint density at radius 3 is 2.28 bits per heavy atom. The molecule has 0 spiro atoms. The first-order valence-electron chi connectivity index (χ1n) is 21.6. The smallest absolute Gasteiger partial charge is 0.274 e. The van der Waals surface area contributed by atoms with Crippen molar-refractivity contribution in [2.75, 3.05) is 36.4 Å². The van der Waals surface area contributed by atoms with Crippen LogP contribution in [0.4, 0.5) is 20.2 Å². The molecule has 3 N–H and O–H groups in total. The number of aromatic nitrogens is 4. The standard InChI is InChI=1S/C46H51F2N9O4/c1-46(2,61)36-23-39-30(20-40(36)51-45(60)41-9-7-33-19-27(24-49)25-50-57(33)41)26-56(53-39)32-5-3-28(4-6-32)29-11-15-54(16-12-29)31-13-17-55(18-14-31)34-21-37(47)43(38(48)22-34)35-8-10-42(58)52-44(35)59/h7,9,19-23,25-26,28-29,31-32,35,61H,3-6,8,10-18H2,1-2H3,(H,51,60)(H,52,58,59)/t28?,32?,35-/m1/s1. The fourth-order valence-corrected chi connectivity index (χ4v) is 10.4. The lowest BCUT2D eigenvalue weighted by Crippen LogP contribution is -2.48. The lowest BCUT2D eigenvalue weighted by atomic mass is 9.74. The number of amides is 3. The van der Waals surface area contributed by atoms with Gasteiger partial charge < -0.3 is 20.2 Å². The number of nitriles is 1. The normalized spacial score (nSPS) is 22.4. The van der Waals surface area contributed by atoms with Gasteiger partial charge in [-0.3, -0.25) is 24.4 Å². The fourth-order valence-electron chi connectivity index (χ4n) is 10.4. The minimum Gasteiger partial charge on any atom is -0.386 e. The third kappa shape index (κ3) is 8.11. The number of benzene rings is 2. The largest absolute Gasteiger partial charge is 0.386 e. The lowest BCUT2D eigenvalue weighted by Gasteiger charge is -2.44. The van der Waals surface area contributed by atoms with Crippen molar-refractivity contribution in [2.45, 2.75) is 102 Å². The van der Waals surface area contributed by atoms with Crippen LogP contribution < -0.4 is 15.5 Å². The average molecular weight is 832 g/mol. The zero-order chi connectivity index (χ0) is 42.6. The molecule has 3 aliphatic heterocycles. The molecule has 3 saturated heterocycles. The molecule has 0 unspecified atom stereocenters. The number of piperidine rings is 3. The molecule has 9 rings (SSSR count). The second-order valence-electron chi connectivity index (χ2n) is 18.0. The van der Waals surface area contributed by atoms with Gasteiger partial charge in [-0.1, -0.05) is 0 Å². The van der Waals surface area contributed by atoms with Gasteiger partial charge in [0.2, 0.25) is 11.8 Å². The van der Waals surface area contributed by atoms with Gasteiger partial charge in [0.15, 0.2) is 0 Å². The van der Waals surface area contributed by atoms with Gasteiger partial charge in [0.25, 0.3) is 5.91 Å². The minimum absolute atomic E-state index is 0.0636. The predicted octanol–water partition coefficient (Wildman–Crippen LogP) is 6.95. The first-order valence-corrected chi connectivity index (χ1v) is 21.6. The summed E-state index contributed by atoms with van der Waals surface area (Å²) in [7, 11) is 0. The number of hydrogen-bond donors (Lipinski definition) is 3. The van der Waals surface area contributed by atoms with E-state index in [9.17, 15) is 24.8 Å². The molecule has 0 radical (unpaired) electrons. The summed E-state index contributed by atoms with van der Waals surface area (Å²) in [4.78, 5) is 42.0. The Morgan fingerprint density at radius 2 is 1.61 bits per heavy atom. The van der Waals surface area contributed by atoms with Crippen LogP contribution in [0.15, 0.2) is 54.9 Å². The van der Waals surface area contributed by atoms with E-state index in [0.717, 1.165) is 62.5 Å². The van der Waals surface area contributed by atoms with Crippen LogP contribution in [0.3, 0.4) is 0 Å². The highest BCUT2D eigenvalue weighted by Crippen LogP contribution is 2.41. The second-order valence-corrected chi connectivity index (χ2v) is 18.0. The Morgan fingerprint density at radius 1 is 0.902 bits per heavy atom. The fraction of sp³-hybridized carbons (Fsp3) is 0.478. The van der Waals surface area contributed by atoms with E-state index in [1.165, 1.54) is 35.7 Å². The second kappa shape index (κ2) is 16.3. The highest BCUT2D eigenvalue weighted by molar-refractivity contribution is 6.05. The first kappa shape index (κ1) is 40.7. The van der Waals surface area contributed by atoms with Gasteiger partial charge >= 0.3 is 0 Å². The van der Waals surface area contributed by atoms with Crippen molar-refractivity contribution in [3.8, 4) is 6.07 Å². The van der Waals surface area contributed by atoms with Gasteiger partial charge in [-0.2, -0.15) is 15.5 Å². The van der Waals surface area contributed by atoms with E-state index >= 15 is 8.78 Å². The molecule has 5 aromatic rings. The van der Waals surface area contributed by atoms with Crippen molar-refractivity contribution < 1.29 is 28.3 Å². The van der Waals surface area contributed by atoms with Crippen molar-refractivity contribution >= 4 is 45.5 Å². The third-order valence-electron chi connectivity index (χ3n) is 13.8. The molecule has 318 valence electrons. The molecule has 61 heavy (non-hydrogen) atoms. The third-order valence-corrected chi connectivity index (χ3v) is 13.8. The first-order chi connectivity index (χ1) is 29.3. The van der Waals surface area contributed by atoms with E-state index < -0.39 is 35.0 Å². The molecule has 15 heteroatoms. The predicted molar refractivity (Wildman–Crippen MR) is 225 cm³/mol. The quantitative estimate of drug-likeness (QED) is 0.141. The van der Waals surface area contributed by atoms with Crippen LogP contribution in [0, 0.1) is 34.8 Å². The molecule has 1 atom stereocenters. The average Bonchev–Trinajstić information content (AvgIpc) is 3.88. The Labute approximate surface area is 352 Å². The molecular weight excluding hydrogens is 781 g/mol. The maximum absolute atomic E-state index is 15.2. The highest BCUT2D eigenvalue weighted by Gasteiger charge is 2.36. The molecule has 3 aromatic heterocycles. The number of carbonyl (C=O) groups excluding carboxylic acids is 3. The van der Waals surface area contributed by atoms with Gasteiger partial charge in [-0.25, -0.2) is 13.3 Å². The van der Waals surface area contributed by atoms with Crippen LogP contribution in [0.2, 0.25) is 0 Å². The molecule has 6 heterocycles. The Balaban J connectivity index is 0.778. The summed E-state index contributed by atoms with van der Waals surface area (Å²) in [6.07, 6.45) is 12.2. The summed E-state index contributed by atoms with van der Waals surface area (Å²) >= 11 is 0. The number of fused-ring (bicyclic) bond motifs is 2. The van der Waals surface area contributed by atoms with Crippen molar-refractivity contribution in [2.24, 2.45) is 11.8 Å². The van der Waals surface area contributed by atoms with E-state index in [-0.39, 0.29) is 30.4 Å². The van der Waals surface area contributed by atoms with Gasteiger partial charge in [0, 0.05) is 59.6 Å². The molecule has 4 aliphatic rings. The van der Waals surface area contributed by atoms with Gasteiger partial charge in [0.1, 0.15) is 23.4 Å². The van der Waals surface area contributed by atoms with Crippen LogP contribution in [-0.2, 0) is 15.2 Å². The van der Waals surface area contributed by atoms with Crippen LogP contribution in [0.5, 0.6) is 0 Å². The number of anilines is 2. The van der Waals surface area contributed by atoms with Crippen molar-refractivity contribution in [1.29, 1.82) is 5.26 Å². The van der Waals surface area contributed by atoms with E-state index in [2.05, 4.69) is 37.6 Å². The van der Waals surface area contributed by atoms with Crippen molar-refractivity contribution in [3.63, 3.8) is 0 Å². The number of nitrogens with zero attached hydrogens (tertiary/aromatic N) is 7. The zero-order valence-corrected chi connectivity index (χ0v) is 34.5. The Hall–Kier alpha value is -5.72. The molecule has 1 aliphatic carbocycles. The van der Waals surface area contributed by atoms with Crippen LogP contribution in [-0.4, -0.2) is 79.3 Å². The van der Waals surface area contributed by atoms with E-state index in [4.69, 9.17) is 5.10 Å². The summed E-state index contributed by atoms with van der Waals surface area (Å²) in [6, 6.07) is 14.3. The van der Waals surface area contributed by atoms with Crippen molar-refractivity contribution in [3.05, 3.63) is 88.9 Å². The summed E-state index contributed by atoms with van der Waals surface area (Å²) in [5.74, 6) is -2.56. The molecular formula is C46H51F2N9O4. The van der Waals surface area contributed by atoms with Crippen LogP contribution in [0.25, 0.3) is 16.4 Å². The highest BCUT2D eigenvalue weighted by atomic mass is 19.1. The number of likely N-dealkylation sites (tertiary alicyclic amines) is 1. The number of aliphatic hydroxyl groups is 1. The van der Waals surface area contributed by atoms with Crippen LogP contribution in [0.1, 0.15) is 117 Å². The van der Waals surface area contributed by atoms with E-state index in [0.29, 0.717) is 64.7 Å². The number of rotatable bonds is 8. The monoisotopic (exact) mass is 831 g/mol. The number of nitrogens with one attached hydrogen (secondary N) is 2. The summed E-state index contributed by atoms with van der Waals surface area (Å²) in [5.41, 5.74) is 2.16. The lowest BCUT2D eigenvalue weighted by molar-refractivity contribution is -0.134. The maximum Gasteiger partial charge on any atom is 0.274 e. The Bertz CT molecular complexity index is 2530. The van der Waals surface area contributed by atoms with E-state index in [1.807, 2.05) is 17.0 Å². The summed E-state index contributed by atoms with van der Waals surface area (Å²) in [6.45, 7) is 6.91. The number of carbonyl (C=O) groups is 3. The molecule has 2 aromatic carbocycles. The summed E-state index contributed by atoms with van der Waals surface area (Å²) < 4.78 is 34.1. The maximum atomic E-state index is 15.2. The van der Waals surface area contributed by atoms with Gasteiger partial charge in [-0.05, 0) is 139 Å². The number of hydrogen-bond acceptors (Lipinski definition) is 9. The zero-order valence-electron chi connectivity index (χ0n) is 34.5. The van der Waals surface area contributed by atoms with Crippen LogP contribution >= 0.6 is 0 Å². The number of halogens is 2. The topological polar surface area (TPSA) is 161 Å². The minimum atomic E-state index is -1.25. The molecule has 4 fully saturated rings. The molecule has 13 nitrogen and oxygen atoms in total. The number of imide groups is 1. The SMILES string of the molecule is CC(C)(O)c1cc2nn(C3CCC(C4CCN(C5CCN(c6cc(F)c([C@H]7CCC(=O)NC7=O)c(F)c6)CC5)CC4)CC3)cc2cc1NC(=O)c1ccc2cc(C#N)cnn12.